The van der Waals surface area contributed by atoms with Crippen molar-refractivity contribution in [3.63, 3.8) is 0 Å². The van der Waals surface area contributed by atoms with Crippen molar-refractivity contribution in [2.75, 3.05) is 27.4 Å². The molecule has 0 aliphatic carbocycles. The van der Waals surface area contributed by atoms with E-state index in [-0.39, 0.29) is 0 Å². The van der Waals surface area contributed by atoms with Crippen LogP contribution in [0.5, 0.6) is 17.2 Å². The molecule has 0 fully saturated rings. The zero-order valence-corrected chi connectivity index (χ0v) is 11.7. The van der Waals surface area contributed by atoms with E-state index in [1.165, 1.54) is 0 Å². The van der Waals surface area contributed by atoms with E-state index >= 15 is 0 Å². The van der Waals surface area contributed by atoms with Crippen molar-refractivity contribution in [1.29, 1.82) is 0 Å². The Morgan fingerprint density at radius 2 is 1.75 bits per heavy atom. The zero-order chi connectivity index (χ0) is 14.2. The Hall–Kier alpha value is -2.14. The van der Waals surface area contributed by atoms with E-state index in [2.05, 4.69) is 5.32 Å². The zero-order valence-electron chi connectivity index (χ0n) is 11.7. The molecule has 5 heteroatoms. The molecule has 0 saturated heterocycles. The smallest absolute Gasteiger partial charge is 0.126 e. The van der Waals surface area contributed by atoms with E-state index in [0.29, 0.717) is 24.7 Å². The second-order valence-corrected chi connectivity index (χ2v) is 4.15. The van der Waals surface area contributed by atoms with Gasteiger partial charge in [-0.3, -0.25) is 0 Å². The Balaban J connectivity index is 1.75. The first-order valence-corrected chi connectivity index (χ1v) is 6.41. The maximum absolute atomic E-state index is 5.66. The van der Waals surface area contributed by atoms with Crippen LogP contribution in [-0.2, 0) is 6.54 Å². The Morgan fingerprint density at radius 1 is 1.05 bits per heavy atom. The van der Waals surface area contributed by atoms with E-state index in [4.69, 9.17) is 18.6 Å². The van der Waals surface area contributed by atoms with Gasteiger partial charge in [-0.2, -0.15) is 0 Å². The molecule has 2 rings (SSSR count). The van der Waals surface area contributed by atoms with Gasteiger partial charge < -0.3 is 23.9 Å². The molecule has 0 spiro atoms. The molecule has 0 aliphatic rings. The van der Waals surface area contributed by atoms with Crippen molar-refractivity contribution >= 4 is 0 Å². The number of benzene rings is 1. The summed E-state index contributed by atoms with van der Waals surface area (Å²) < 4.78 is 21.3. The summed E-state index contributed by atoms with van der Waals surface area (Å²) in [6, 6.07) is 9.27. The molecule has 0 saturated carbocycles. The minimum Gasteiger partial charge on any atom is -0.496 e. The van der Waals surface area contributed by atoms with Crippen LogP contribution in [0.3, 0.4) is 0 Å². The lowest BCUT2D eigenvalue weighted by atomic mass is 10.3. The van der Waals surface area contributed by atoms with Crippen molar-refractivity contribution in [2.24, 2.45) is 0 Å². The molecule has 0 unspecified atom stereocenters. The third-order valence-corrected chi connectivity index (χ3v) is 2.75. The Bertz CT molecular complexity index is 488. The molecule has 20 heavy (non-hydrogen) atoms. The molecule has 1 aromatic heterocycles. The predicted octanol–water partition coefficient (Wildman–Crippen LogP) is 2.47. The first-order chi connectivity index (χ1) is 9.81. The molecule has 0 aliphatic heterocycles. The predicted molar refractivity (Wildman–Crippen MR) is 75.5 cm³/mol. The van der Waals surface area contributed by atoms with E-state index < -0.39 is 0 Å². The molecule has 108 valence electrons. The summed E-state index contributed by atoms with van der Waals surface area (Å²) in [4.78, 5) is 0. The summed E-state index contributed by atoms with van der Waals surface area (Å²) in [6.45, 7) is 1.97. The fourth-order valence-electron chi connectivity index (χ4n) is 1.73. The summed E-state index contributed by atoms with van der Waals surface area (Å²) in [7, 11) is 3.23. The van der Waals surface area contributed by atoms with Gasteiger partial charge in [0.05, 0.1) is 27.0 Å². The second-order valence-electron chi connectivity index (χ2n) is 4.15. The number of hydrogen-bond donors (Lipinski definition) is 1. The Labute approximate surface area is 118 Å². The van der Waals surface area contributed by atoms with Crippen LogP contribution < -0.4 is 19.5 Å². The number of hydrogen-bond acceptors (Lipinski definition) is 5. The Kier molecular flexibility index (Phi) is 5.32. The molecule has 5 nitrogen and oxygen atoms in total. The van der Waals surface area contributed by atoms with Gasteiger partial charge in [-0.1, -0.05) is 0 Å². The Morgan fingerprint density at radius 3 is 2.35 bits per heavy atom. The molecular formula is C15H19NO4. The number of methoxy groups -OCH3 is 2. The molecular weight excluding hydrogens is 258 g/mol. The maximum Gasteiger partial charge on any atom is 0.126 e. The lowest BCUT2D eigenvalue weighted by Gasteiger charge is -2.10. The van der Waals surface area contributed by atoms with E-state index in [1.54, 1.807) is 20.5 Å². The molecule has 0 amide bonds. The van der Waals surface area contributed by atoms with Gasteiger partial charge in [0, 0.05) is 24.7 Å². The largest absolute Gasteiger partial charge is 0.496 e. The lowest BCUT2D eigenvalue weighted by Crippen LogP contribution is -2.20. The highest BCUT2D eigenvalue weighted by Gasteiger charge is 2.02. The summed E-state index contributed by atoms with van der Waals surface area (Å²) in [5, 5.41) is 3.23. The number of ether oxygens (including phenoxy) is 3. The fourth-order valence-corrected chi connectivity index (χ4v) is 1.73. The summed E-state index contributed by atoms with van der Waals surface area (Å²) in [5.41, 5.74) is 0. The van der Waals surface area contributed by atoms with Crippen LogP contribution in [-0.4, -0.2) is 27.4 Å². The molecule has 0 radical (unpaired) electrons. The van der Waals surface area contributed by atoms with Crippen LogP contribution in [0.2, 0.25) is 0 Å². The van der Waals surface area contributed by atoms with Crippen LogP contribution >= 0.6 is 0 Å². The third kappa shape index (κ3) is 4.20. The topological polar surface area (TPSA) is 52.9 Å². The van der Waals surface area contributed by atoms with Crippen LogP contribution in [0.25, 0.3) is 0 Å². The molecule has 0 atom stereocenters. The standard InChI is InChI=1S/C15H19NO4/c1-17-13-8-14(18-2)10-15(9-13)20-7-5-16-11-12-4-3-6-19-12/h3-4,6,8-10,16H,5,7,11H2,1-2H3. The van der Waals surface area contributed by atoms with Gasteiger partial charge in [0.1, 0.15) is 29.6 Å². The minimum atomic E-state index is 0.553. The minimum absolute atomic E-state index is 0.553. The van der Waals surface area contributed by atoms with Gasteiger partial charge >= 0.3 is 0 Å². The summed E-state index contributed by atoms with van der Waals surface area (Å²) in [6.07, 6.45) is 1.66. The highest BCUT2D eigenvalue weighted by molar-refractivity contribution is 5.41. The number of rotatable bonds is 8. The highest BCUT2D eigenvalue weighted by atomic mass is 16.5. The monoisotopic (exact) mass is 277 g/mol. The van der Waals surface area contributed by atoms with E-state index in [9.17, 15) is 0 Å². The molecule has 0 bridgehead atoms. The molecule has 1 aromatic carbocycles. The first-order valence-electron chi connectivity index (χ1n) is 6.41. The van der Waals surface area contributed by atoms with Gasteiger partial charge in [-0.15, -0.1) is 0 Å². The SMILES string of the molecule is COc1cc(OC)cc(OCCNCc2ccco2)c1. The van der Waals surface area contributed by atoms with Crippen LogP contribution in [0, 0.1) is 0 Å². The summed E-state index contributed by atoms with van der Waals surface area (Å²) >= 11 is 0. The van der Waals surface area contributed by atoms with Gasteiger partial charge in [0.25, 0.3) is 0 Å². The average molecular weight is 277 g/mol. The average Bonchev–Trinajstić information content (AvgIpc) is 2.99. The lowest BCUT2D eigenvalue weighted by molar-refractivity contribution is 0.305. The van der Waals surface area contributed by atoms with Gasteiger partial charge in [0.2, 0.25) is 0 Å². The van der Waals surface area contributed by atoms with Crippen molar-refractivity contribution in [3.8, 4) is 17.2 Å². The maximum atomic E-state index is 5.66. The molecule has 2 aromatic rings. The second kappa shape index (κ2) is 7.45. The number of furan rings is 1. The third-order valence-electron chi connectivity index (χ3n) is 2.75. The van der Waals surface area contributed by atoms with Gasteiger partial charge in [0.15, 0.2) is 0 Å². The van der Waals surface area contributed by atoms with Crippen molar-refractivity contribution in [1.82, 2.24) is 5.32 Å². The fraction of sp³-hybridized carbons (Fsp3) is 0.333. The van der Waals surface area contributed by atoms with Crippen molar-refractivity contribution in [2.45, 2.75) is 6.54 Å². The van der Waals surface area contributed by atoms with E-state index in [1.807, 2.05) is 30.3 Å². The normalized spacial score (nSPS) is 10.3. The van der Waals surface area contributed by atoms with Gasteiger partial charge in [-0.05, 0) is 12.1 Å². The van der Waals surface area contributed by atoms with Crippen LogP contribution in [0.15, 0.2) is 41.0 Å². The van der Waals surface area contributed by atoms with Crippen LogP contribution in [0.1, 0.15) is 5.76 Å². The van der Waals surface area contributed by atoms with Crippen LogP contribution in [0.4, 0.5) is 0 Å². The highest BCUT2D eigenvalue weighted by Crippen LogP contribution is 2.27. The molecule has 1 N–H and O–H groups in total. The quantitative estimate of drug-likeness (QED) is 0.751. The van der Waals surface area contributed by atoms with Crippen molar-refractivity contribution in [3.05, 3.63) is 42.4 Å². The number of nitrogens with one attached hydrogen (secondary N) is 1. The first kappa shape index (κ1) is 14.3. The van der Waals surface area contributed by atoms with E-state index in [0.717, 1.165) is 18.1 Å². The van der Waals surface area contributed by atoms with Crippen molar-refractivity contribution < 1.29 is 18.6 Å². The molecule has 1 heterocycles. The summed E-state index contributed by atoms with van der Waals surface area (Å²) in [5.74, 6) is 3.06. The van der Waals surface area contributed by atoms with Gasteiger partial charge in [-0.25, -0.2) is 0 Å².